The lowest BCUT2D eigenvalue weighted by molar-refractivity contribution is -0.143. The van der Waals surface area contributed by atoms with Crippen LogP contribution in [0.5, 0.6) is 0 Å². The first-order chi connectivity index (χ1) is 8.41. The van der Waals surface area contributed by atoms with Crippen molar-refractivity contribution in [1.29, 1.82) is 0 Å². The molecule has 0 heterocycles. The molecule has 100 valence electrons. The maximum absolute atomic E-state index is 13.3. The minimum absolute atomic E-state index is 0.0210. The highest BCUT2D eigenvalue weighted by Crippen LogP contribution is 2.12. The van der Waals surface area contributed by atoms with Gasteiger partial charge in [0.2, 0.25) is 0 Å². The summed E-state index contributed by atoms with van der Waals surface area (Å²) >= 11 is 0. The summed E-state index contributed by atoms with van der Waals surface area (Å²) in [7, 11) is 0. The third-order valence-electron chi connectivity index (χ3n) is 2.81. The van der Waals surface area contributed by atoms with Gasteiger partial charge in [0.05, 0.1) is 5.92 Å². The minimum atomic E-state index is -0.891. The Labute approximate surface area is 105 Å². The van der Waals surface area contributed by atoms with Crippen molar-refractivity contribution in [1.82, 2.24) is 5.32 Å². The third kappa shape index (κ3) is 4.07. The summed E-state index contributed by atoms with van der Waals surface area (Å²) in [5.41, 5.74) is 0.197. The Morgan fingerprint density at radius 2 is 2.06 bits per heavy atom. The average Bonchev–Trinajstić information content (AvgIpc) is 2.27. The first kappa shape index (κ1) is 14.6. The van der Waals surface area contributed by atoms with Gasteiger partial charge in [0.1, 0.15) is 11.6 Å². The van der Waals surface area contributed by atoms with E-state index < -0.39 is 23.5 Å². The fourth-order valence-corrected chi connectivity index (χ4v) is 1.65. The highest BCUT2D eigenvalue weighted by Gasteiger charge is 2.20. The van der Waals surface area contributed by atoms with Crippen LogP contribution in [0.15, 0.2) is 18.2 Å². The number of nitrogens with one attached hydrogen (secondary N) is 1. The van der Waals surface area contributed by atoms with Crippen molar-refractivity contribution in [3.8, 4) is 0 Å². The molecule has 1 rings (SSSR count). The lowest BCUT2D eigenvalue weighted by Crippen LogP contribution is -2.32. The smallest absolute Gasteiger partial charge is 0.308 e. The molecule has 2 N–H and O–H groups in total. The van der Waals surface area contributed by atoms with Crippen molar-refractivity contribution in [3.05, 3.63) is 35.4 Å². The third-order valence-corrected chi connectivity index (χ3v) is 2.81. The van der Waals surface area contributed by atoms with Gasteiger partial charge in [-0.3, -0.25) is 4.79 Å². The van der Waals surface area contributed by atoms with E-state index in [9.17, 15) is 13.6 Å². The van der Waals surface area contributed by atoms with Gasteiger partial charge in [0.25, 0.3) is 0 Å². The molecule has 1 aromatic carbocycles. The molecule has 0 amide bonds. The number of hydrogen-bond donors (Lipinski definition) is 2. The predicted molar refractivity (Wildman–Crippen MR) is 64.0 cm³/mol. The Morgan fingerprint density at radius 1 is 1.39 bits per heavy atom. The zero-order valence-electron chi connectivity index (χ0n) is 10.4. The standard InChI is InChI=1S/C13H17F2NO2/c1-8(2)11(13(17)18)7-16-6-9-5-10(14)3-4-12(9)15/h3-5,8,11,16H,6-7H2,1-2H3,(H,17,18). The quantitative estimate of drug-likeness (QED) is 0.822. The Bertz CT molecular complexity index is 421. The number of carboxylic acids is 1. The van der Waals surface area contributed by atoms with Crippen LogP contribution in [-0.2, 0) is 11.3 Å². The molecule has 0 radical (unpaired) electrons. The number of halogens is 2. The van der Waals surface area contributed by atoms with Gasteiger partial charge < -0.3 is 10.4 Å². The second kappa shape index (κ2) is 6.44. The molecule has 0 aromatic heterocycles. The molecule has 5 heteroatoms. The molecule has 0 aliphatic carbocycles. The molecule has 0 aliphatic rings. The summed E-state index contributed by atoms with van der Waals surface area (Å²) in [5, 5.41) is 11.8. The molecule has 18 heavy (non-hydrogen) atoms. The van der Waals surface area contributed by atoms with Gasteiger partial charge in [-0.2, -0.15) is 0 Å². The van der Waals surface area contributed by atoms with Crippen molar-refractivity contribution in [2.45, 2.75) is 20.4 Å². The van der Waals surface area contributed by atoms with E-state index >= 15 is 0 Å². The van der Waals surface area contributed by atoms with Crippen molar-refractivity contribution >= 4 is 5.97 Å². The topological polar surface area (TPSA) is 49.3 Å². The van der Waals surface area contributed by atoms with Gasteiger partial charge in [-0.1, -0.05) is 13.8 Å². The van der Waals surface area contributed by atoms with Crippen LogP contribution >= 0.6 is 0 Å². The van der Waals surface area contributed by atoms with Gasteiger partial charge in [-0.15, -0.1) is 0 Å². The first-order valence-corrected chi connectivity index (χ1v) is 5.79. The maximum atomic E-state index is 13.3. The zero-order valence-corrected chi connectivity index (χ0v) is 10.4. The SMILES string of the molecule is CC(C)C(CNCc1cc(F)ccc1F)C(=O)O. The lowest BCUT2D eigenvalue weighted by Gasteiger charge is -2.16. The fraction of sp³-hybridized carbons (Fsp3) is 0.462. The van der Waals surface area contributed by atoms with Crippen LogP contribution in [0, 0.1) is 23.5 Å². The molecule has 0 aliphatic heterocycles. The molecule has 0 fully saturated rings. The number of aliphatic carboxylic acids is 1. The Morgan fingerprint density at radius 3 is 2.61 bits per heavy atom. The number of hydrogen-bond acceptors (Lipinski definition) is 2. The summed E-state index contributed by atoms with van der Waals surface area (Å²) in [6.45, 7) is 3.95. The van der Waals surface area contributed by atoms with Crippen molar-refractivity contribution in [2.24, 2.45) is 11.8 Å². The number of benzene rings is 1. The van der Waals surface area contributed by atoms with E-state index in [1.165, 1.54) is 0 Å². The largest absolute Gasteiger partial charge is 0.481 e. The van der Waals surface area contributed by atoms with Gasteiger partial charge in [-0.25, -0.2) is 8.78 Å². The van der Waals surface area contributed by atoms with Crippen molar-refractivity contribution < 1.29 is 18.7 Å². The second-order valence-corrected chi connectivity index (χ2v) is 4.56. The fourth-order valence-electron chi connectivity index (χ4n) is 1.65. The summed E-state index contributed by atoms with van der Waals surface area (Å²) in [4.78, 5) is 10.9. The molecule has 0 spiro atoms. The monoisotopic (exact) mass is 257 g/mol. The molecule has 0 saturated heterocycles. The average molecular weight is 257 g/mol. The Kier molecular flexibility index (Phi) is 5.22. The van der Waals surface area contributed by atoms with Crippen molar-refractivity contribution in [3.63, 3.8) is 0 Å². The minimum Gasteiger partial charge on any atom is -0.481 e. The Hall–Kier alpha value is -1.49. The van der Waals surface area contributed by atoms with E-state index in [0.717, 1.165) is 18.2 Å². The highest BCUT2D eigenvalue weighted by atomic mass is 19.1. The Balaban J connectivity index is 2.55. The van der Waals surface area contributed by atoms with Crippen LogP contribution in [0.25, 0.3) is 0 Å². The van der Waals surface area contributed by atoms with Gasteiger partial charge >= 0.3 is 5.97 Å². The van der Waals surface area contributed by atoms with E-state index in [1.807, 2.05) is 13.8 Å². The summed E-state index contributed by atoms with van der Waals surface area (Å²) in [6.07, 6.45) is 0. The second-order valence-electron chi connectivity index (χ2n) is 4.56. The molecule has 1 atom stereocenters. The van der Waals surface area contributed by atoms with Crippen LogP contribution in [-0.4, -0.2) is 17.6 Å². The van der Waals surface area contributed by atoms with E-state index in [-0.39, 0.29) is 24.6 Å². The number of carboxylic acid groups (broad SMARTS) is 1. The van der Waals surface area contributed by atoms with Crippen LogP contribution in [0.3, 0.4) is 0 Å². The van der Waals surface area contributed by atoms with Crippen LogP contribution < -0.4 is 5.32 Å². The summed E-state index contributed by atoms with van der Waals surface area (Å²) < 4.78 is 26.2. The predicted octanol–water partition coefficient (Wildman–Crippen LogP) is 2.41. The van der Waals surface area contributed by atoms with Gasteiger partial charge in [0, 0.05) is 18.7 Å². The summed E-state index contributed by atoms with van der Waals surface area (Å²) in [6, 6.07) is 3.21. The molecular weight excluding hydrogens is 240 g/mol. The van der Waals surface area contributed by atoms with Crippen LogP contribution in [0.2, 0.25) is 0 Å². The number of carbonyl (C=O) groups is 1. The van der Waals surface area contributed by atoms with E-state index in [4.69, 9.17) is 5.11 Å². The molecule has 0 bridgehead atoms. The van der Waals surface area contributed by atoms with Crippen LogP contribution in [0.1, 0.15) is 19.4 Å². The molecule has 0 saturated carbocycles. The zero-order chi connectivity index (χ0) is 13.7. The molecule has 1 aromatic rings. The van der Waals surface area contributed by atoms with E-state index in [1.54, 1.807) is 0 Å². The first-order valence-electron chi connectivity index (χ1n) is 5.79. The van der Waals surface area contributed by atoms with E-state index in [2.05, 4.69) is 5.32 Å². The number of rotatable bonds is 6. The summed E-state index contributed by atoms with van der Waals surface area (Å²) in [5.74, 6) is -2.46. The van der Waals surface area contributed by atoms with Crippen LogP contribution in [0.4, 0.5) is 8.78 Å². The lowest BCUT2D eigenvalue weighted by atomic mass is 9.96. The molecule has 1 unspecified atom stereocenters. The van der Waals surface area contributed by atoms with Crippen molar-refractivity contribution in [2.75, 3.05) is 6.54 Å². The normalized spacial score (nSPS) is 12.7. The molecular formula is C13H17F2NO2. The maximum Gasteiger partial charge on any atom is 0.308 e. The highest BCUT2D eigenvalue weighted by molar-refractivity contribution is 5.70. The van der Waals surface area contributed by atoms with Gasteiger partial charge in [0.15, 0.2) is 0 Å². The molecule has 3 nitrogen and oxygen atoms in total. The van der Waals surface area contributed by atoms with Gasteiger partial charge in [-0.05, 0) is 24.1 Å². The van der Waals surface area contributed by atoms with E-state index in [0.29, 0.717) is 0 Å².